The van der Waals surface area contributed by atoms with E-state index in [-0.39, 0.29) is 17.9 Å². The molecular formula is C32H37ClN6O4. The van der Waals surface area contributed by atoms with Crippen LogP contribution in [-0.4, -0.2) is 57.1 Å². The molecule has 10 nitrogen and oxygen atoms in total. The number of rotatable bonds is 7. The Morgan fingerprint density at radius 3 is 2.53 bits per heavy atom. The Morgan fingerprint density at radius 2 is 1.86 bits per heavy atom. The number of piperidine rings is 1. The van der Waals surface area contributed by atoms with Crippen LogP contribution in [0.25, 0.3) is 16.9 Å². The number of carbonyl (C=O) groups excluding carboxylic acids is 2. The molecule has 2 aromatic carbocycles. The second-order valence-corrected chi connectivity index (χ2v) is 12.2. The number of aromatic nitrogens is 3. The number of amides is 2. The van der Waals surface area contributed by atoms with Crippen LogP contribution < -0.4 is 15.4 Å². The van der Waals surface area contributed by atoms with E-state index in [1.807, 2.05) is 74.7 Å². The van der Waals surface area contributed by atoms with Gasteiger partial charge in [-0.25, -0.2) is 14.8 Å². The van der Waals surface area contributed by atoms with Crippen molar-refractivity contribution in [2.24, 2.45) is 5.92 Å². The normalized spacial score (nSPS) is 14.0. The number of likely N-dealkylation sites (tertiary alicyclic amines) is 1. The van der Waals surface area contributed by atoms with Gasteiger partial charge in [-0.15, -0.1) is 0 Å². The van der Waals surface area contributed by atoms with Gasteiger partial charge in [-0.1, -0.05) is 11.6 Å². The number of carbonyl (C=O) groups is 2. The molecule has 5 rings (SSSR count). The van der Waals surface area contributed by atoms with Crippen molar-refractivity contribution in [3.05, 3.63) is 65.6 Å². The fourth-order valence-corrected chi connectivity index (χ4v) is 5.43. The number of halogens is 1. The highest BCUT2D eigenvalue weighted by Crippen LogP contribution is 2.32. The van der Waals surface area contributed by atoms with Gasteiger partial charge < -0.3 is 25.0 Å². The molecule has 4 aromatic rings. The van der Waals surface area contributed by atoms with Gasteiger partial charge in [0, 0.05) is 48.8 Å². The Bertz CT molecular complexity index is 1640. The first-order valence-electron chi connectivity index (χ1n) is 14.3. The molecule has 0 aliphatic carbocycles. The molecule has 1 saturated heterocycles. The summed E-state index contributed by atoms with van der Waals surface area (Å²) in [6.07, 6.45) is 7.02. The number of fused-ring (bicyclic) bond motifs is 1. The lowest BCUT2D eigenvalue weighted by molar-refractivity contribution is -0.117. The highest BCUT2D eigenvalue weighted by Gasteiger charge is 2.28. The molecule has 3 heterocycles. The van der Waals surface area contributed by atoms with Crippen LogP contribution in [-0.2, 0) is 9.53 Å². The third-order valence-corrected chi connectivity index (χ3v) is 7.67. The molecule has 0 atom stereocenters. The highest BCUT2D eigenvalue weighted by atomic mass is 35.5. The monoisotopic (exact) mass is 604 g/mol. The van der Waals surface area contributed by atoms with Gasteiger partial charge in [0.2, 0.25) is 5.91 Å². The van der Waals surface area contributed by atoms with Gasteiger partial charge in [0.25, 0.3) is 0 Å². The van der Waals surface area contributed by atoms with Gasteiger partial charge in [-0.2, -0.15) is 0 Å². The van der Waals surface area contributed by atoms with Crippen LogP contribution in [0.2, 0.25) is 5.02 Å². The average molecular weight is 605 g/mol. The molecule has 1 fully saturated rings. The van der Waals surface area contributed by atoms with Crippen molar-refractivity contribution in [3.63, 3.8) is 0 Å². The van der Waals surface area contributed by atoms with Crippen LogP contribution in [0.15, 0.2) is 55.0 Å². The molecule has 43 heavy (non-hydrogen) atoms. The quantitative estimate of drug-likeness (QED) is 0.232. The summed E-state index contributed by atoms with van der Waals surface area (Å²) in [4.78, 5) is 36.0. The zero-order chi connectivity index (χ0) is 30.7. The first kappa shape index (κ1) is 30.2. The summed E-state index contributed by atoms with van der Waals surface area (Å²) in [6.45, 7) is 8.73. The smallest absolute Gasteiger partial charge is 0.410 e. The van der Waals surface area contributed by atoms with Crippen molar-refractivity contribution in [2.75, 3.05) is 30.8 Å². The van der Waals surface area contributed by atoms with Crippen LogP contribution >= 0.6 is 11.6 Å². The standard InChI is InChI=1S/C32H37ClN6O4/c1-20-16-23(7-8-25(20)37-28(40)17-21-10-13-38(14-11-21)31(41)43-32(2,3)4)36-29-30-35-19-26(39(30)15-12-34-29)22-6-9-27(42-5)24(33)18-22/h6-9,12,15-16,18-19,21H,10-11,13-14,17H2,1-5H3,(H,34,36)(H,37,40). The van der Waals surface area contributed by atoms with Gasteiger partial charge in [0.15, 0.2) is 11.5 Å². The van der Waals surface area contributed by atoms with E-state index in [2.05, 4.69) is 20.6 Å². The number of aryl methyl sites for hydroxylation is 1. The highest BCUT2D eigenvalue weighted by molar-refractivity contribution is 6.32. The van der Waals surface area contributed by atoms with Crippen LogP contribution in [0.5, 0.6) is 5.75 Å². The second-order valence-electron chi connectivity index (χ2n) is 11.8. The maximum Gasteiger partial charge on any atom is 0.410 e. The lowest BCUT2D eigenvalue weighted by Gasteiger charge is -2.33. The molecule has 11 heteroatoms. The zero-order valence-electron chi connectivity index (χ0n) is 25.1. The Morgan fingerprint density at radius 1 is 1.09 bits per heavy atom. The third-order valence-electron chi connectivity index (χ3n) is 7.38. The number of hydrogen-bond donors (Lipinski definition) is 2. The van der Waals surface area contributed by atoms with Crippen molar-refractivity contribution < 1.29 is 19.1 Å². The van der Waals surface area contributed by atoms with Gasteiger partial charge in [0.05, 0.1) is 24.0 Å². The average Bonchev–Trinajstić information content (AvgIpc) is 3.39. The molecule has 0 bridgehead atoms. The predicted octanol–water partition coefficient (Wildman–Crippen LogP) is 7.09. The first-order chi connectivity index (χ1) is 20.5. The van der Waals surface area contributed by atoms with Gasteiger partial charge in [-0.05, 0) is 88.4 Å². The molecule has 1 aliphatic rings. The Hall–Kier alpha value is -4.31. The van der Waals surface area contributed by atoms with E-state index in [0.29, 0.717) is 41.7 Å². The fourth-order valence-electron chi connectivity index (χ4n) is 5.17. The van der Waals surface area contributed by atoms with Crippen LogP contribution in [0.4, 0.5) is 22.0 Å². The number of hydrogen-bond acceptors (Lipinski definition) is 7. The number of ether oxygens (including phenoxy) is 2. The van der Waals surface area contributed by atoms with Gasteiger partial charge >= 0.3 is 6.09 Å². The van der Waals surface area contributed by atoms with Crippen molar-refractivity contribution >= 4 is 46.4 Å². The van der Waals surface area contributed by atoms with Crippen LogP contribution in [0.1, 0.15) is 45.6 Å². The minimum atomic E-state index is -0.517. The van der Waals surface area contributed by atoms with E-state index < -0.39 is 5.60 Å². The minimum absolute atomic E-state index is 0.0329. The lowest BCUT2D eigenvalue weighted by atomic mass is 9.93. The molecule has 0 unspecified atom stereocenters. The summed E-state index contributed by atoms with van der Waals surface area (Å²) in [6, 6.07) is 11.4. The van der Waals surface area contributed by atoms with E-state index >= 15 is 0 Å². The van der Waals surface area contributed by atoms with Gasteiger partial charge in [-0.3, -0.25) is 9.20 Å². The van der Waals surface area contributed by atoms with Crippen molar-refractivity contribution in [1.82, 2.24) is 19.3 Å². The Kier molecular flexibility index (Phi) is 8.77. The number of nitrogens with zero attached hydrogens (tertiary/aromatic N) is 4. The molecule has 226 valence electrons. The van der Waals surface area contributed by atoms with Crippen LogP contribution in [0, 0.1) is 12.8 Å². The number of nitrogens with one attached hydrogen (secondary N) is 2. The number of anilines is 3. The lowest BCUT2D eigenvalue weighted by Crippen LogP contribution is -2.42. The molecule has 2 amide bonds. The summed E-state index contributed by atoms with van der Waals surface area (Å²) in [5.41, 5.74) is 4.42. The van der Waals surface area contributed by atoms with Crippen molar-refractivity contribution in [3.8, 4) is 17.0 Å². The molecule has 0 saturated carbocycles. The van der Waals surface area contributed by atoms with E-state index in [1.165, 1.54) is 0 Å². The summed E-state index contributed by atoms with van der Waals surface area (Å²) >= 11 is 6.35. The molecular weight excluding hydrogens is 568 g/mol. The summed E-state index contributed by atoms with van der Waals surface area (Å²) in [5.74, 6) is 1.40. The first-order valence-corrected chi connectivity index (χ1v) is 14.7. The van der Waals surface area contributed by atoms with E-state index in [1.54, 1.807) is 24.4 Å². The third kappa shape index (κ3) is 7.19. The van der Waals surface area contributed by atoms with E-state index in [9.17, 15) is 9.59 Å². The molecule has 0 radical (unpaired) electrons. The van der Waals surface area contributed by atoms with E-state index in [0.717, 1.165) is 41.0 Å². The van der Waals surface area contributed by atoms with Crippen molar-refractivity contribution in [2.45, 2.75) is 52.6 Å². The summed E-state index contributed by atoms with van der Waals surface area (Å²) in [5, 5.41) is 6.94. The van der Waals surface area contributed by atoms with Crippen molar-refractivity contribution in [1.29, 1.82) is 0 Å². The molecule has 2 N–H and O–H groups in total. The molecule has 2 aromatic heterocycles. The Labute approximate surface area is 256 Å². The maximum absolute atomic E-state index is 12.9. The molecule has 1 aliphatic heterocycles. The molecule has 0 spiro atoms. The topological polar surface area (TPSA) is 110 Å². The summed E-state index contributed by atoms with van der Waals surface area (Å²) < 4.78 is 12.7. The fraction of sp³-hybridized carbons (Fsp3) is 0.375. The Balaban J connectivity index is 1.20. The van der Waals surface area contributed by atoms with Crippen LogP contribution in [0.3, 0.4) is 0 Å². The SMILES string of the molecule is COc1ccc(-c2cnc3c(Nc4ccc(NC(=O)CC5CCN(C(=O)OC(C)(C)C)CC5)c(C)c4)nccn23)cc1Cl. The van der Waals surface area contributed by atoms with E-state index in [4.69, 9.17) is 21.1 Å². The second kappa shape index (κ2) is 12.5. The summed E-state index contributed by atoms with van der Waals surface area (Å²) in [7, 11) is 1.59. The number of imidazole rings is 1. The largest absolute Gasteiger partial charge is 0.495 e. The number of benzene rings is 2. The maximum atomic E-state index is 12.9. The predicted molar refractivity (Wildman–Crippen MR) is 168 cm³/mol. The number of methoxy groups -OCH3 is 1. The van der Waals surface area contributed by atoms with Gasteiger partial charge in [0.1, 0.15) is 11.4 Å². The minimum Gasteiger partial charge on any atom is -0.495 e. The zero-order valence-corrected chi connectivity index (χ0v) is 25.9.